The molecule has 1 fully saturated rings. The minimum absolute atomic E-state index is 0.0189. The van der Waals surface area contributed by atoms with Crippen molar-refractivity contribution in [1.82, 2.24) is 25.3 Å². The Hall–Kier alpha value is -3.63. The zero-order valence-corrected chi connectivity index (χ0v) is 42.2. The summed E-state index contributed by atoms with van der Waals surface area (Å²) < 4.78 is 23.5. The number of nitrogens with zero attached hydrogens (tertiary/aromatic N) is 3. The molecule has 1 saturated heterocycles. The van der Waals surface area contributed by atoms with Crippen LogP contribution in [0.5, 0.6) is 0 Å². The molecule has 7 unspecified atom stereocenters. The predicted octanol–water partition coefficient (Wildman–Crippen LogP) is 5.22. The zero-order valence-electron chi connectivity index (χ0n) is 42.2. The molecule has 5 amide bonds. The Balaban J connectivity index is 0.00000181. The number of rotatable bonds is 28. The van der Waals surface area contributed by atoms with Crippen molar-refractivity contribution in [3.8, 4) is 0 Å². The number of amides is 5. The van der Waals surface area contributed by atoms with Crippen LogP contribution in [-0.4, -0.2) is 154 Å². The molecule has 1 aromatic rings. The van der Waals surface area contributed by atoms with Gasteiger partial charge in [-0.25, -0.2) is 0 Å². The lowest BCUT2D eigenvalue weighted by Gasteiger charge is -2.39. The highest BCUT2D eigenvalue weighted by Crippen LogP contribution is 2.28. The molecule has 0 bridgehead atoms. The number of benzene rings is 1. The third-order valence-electron chi connectivity index (χ3n) is 11.9. The van der Waals surface area contributed by atoms with Crippen LogP contribution in [0.3, 0.4) is 0 Å². The second kappa shape index (κ2) is 29.8. The van der Waals surface area contributed by atoms with Crippen molar-refractivity contribution < 1.29 is 42.9 Å². The molecule has 2 rings (SSSR count). The van der Waals surface area contributed by atoms with Crippen LogP contribution in [-0.2, 0) is 49.3 Å². The molecular weight excluding hydrogens is 817 g/mol. The van der Waals surface area contributed by atoms with Crippen LogP contribution in [0, 0.1) is 17.8 Å². The molecule has 0 saturated carbocycles. The average Bonchev–Trinajstić information content (AvgIpc) is 3.70. The van der Waals surface area contributed by atoms with E-state index in [0.717, 1.165) is 24.8 Å². The van der Waals surface area contributed by atoms with Crippen LogP contribution in [0.1, 0.15) is 120 Å². The highest BCUT2D eigenvalue weighted by molar-refractivity contribution is 5.88. The van der Waals surface area contributed by atoms with Gasteiger partial charge in [0.25, 0.3) is 0 Å². The molecule has 0 radical (unpaired) electrons. The lowest BCUT2D eigenvalue weighted by atomic mass is 9.90. The second-order valence-corrected chi connectivity index (χ2v) is 19.2. The van der Waals surface area contributed by atoms with Crippen molar-refractivity contribution in [1.29, 1.82) is 0 Å². The summed E-state index contributed by atoms with van der Waals surface area (Å²) in [5.74, 6) is -0.332. The number of likely N-dealkylation sites (tertiary alicyclic amines) is 1. The highest BCUT2D eigenvalue weighted by Gasteiger charge is 2.40. The van der Waals surface area contributed by atoms with Crippen LogP contribution >= 0.6 is 0 Å². The molecule has 1 aromatic carbocycles. The number of methoxy groups -OCH3 is 2. The lowest BCUT2D eigenvalue weighted by molar-refractivity contribution is -0.145. The van der Waals surface area contributed by atoms with Gasteiger partial charge in [-0.3, -0.25) is 28.9 Å². The van der Waals surface area contributed by atoms with Gasteiger partial charge in [0.1, 0.15) is 6.04 Å². The third-order valence-corrected chi connectivity index (χ3v) is 11.9. The fourth-order valence-electron chi connectivity index (χ4n) is 8.31. The minimum atomic E-state index is -0.818. The number of nitrogens with two attached hydrogens (primary N) is 1. The van der Waals surface area contributed by atoms with E-state index in [2.05, 4.69) is 24.5 Å². The molecule has 1 heterocycles. The van der Waals surface area contributed by atoms with Gasteiger partial charge in [-0.05, 0) is 84.4 Å². The van der Waals surface area contributed by atoms with Crippen molar-refractivity contribution in [2.45, 2.75) is 169 Å². The Labute approximate surface area is 386 Å². The first kappa shape index (κ1) is 58.4. The van der Waals surface area contributed by atoms with Crippen molar-refractivity contribution in [3.05, 3.63) is 35.9 Å². The van der Waals surface area contributed by atoms with Gasteiger partial charge in [0, 0.05) is 53.8 Å². The van der Waals surface area contributed by atoms with Crippen molar-refractivity contribution in [3.63, 3.8) is 0 Å². The summed E-state index contributed by atoms with van der Waals surface area (Å²) in [6.45, 7) is 21.9. The van der Waals surface area contributed by atoms with Gasteiger partial charge in [0.05, 0.1) is 61.5 Å². The van der Waals surface area contributed by atoms with E-state index in [4.69, 9.17) is 24.7 Å². The first-order chi connectivity index (χ1) is 30.0. The lowest BCUT2D eigenvalue weighted by Crippen LogP contribution is -2.53. The molecular formula is C49H88N6O9. The fourth-order valence-corrected chi connectivity index (χ4v) is 8.31. The standard InChI is InChI=1S/C42H72N4O8.C7H16N2O/c1-12-31(6)40(45(9)38(48)25-29(2)3)36(52-11)28-39(49)46-22-16-19-34(46)35(51-10)27-37(47)44-33(26-32-17-14-13-15-18-32)41(50)43-21-24-54-42(7,8)20-23-53-30(4)5;1-5(2)6(7(8)10)9(3)4/h13-15,17-18,29-31,33-36,40H,12,16,19-28H2,1-11H3,(H,43,50)(H,44,47);5-6H,1-4H3,(H2,8,10). The SMILES string of the molecule is CC(C)C(C(N)=O)N(C)C.CCC(C)C(C(CC(=O)N1CCCC1C(CC(=O)NC(Cc1ccccc1)C(=O)NCCOC(C)(C)CCOC(C)C)OC)OC)N(C)C(=O)CC(C)C. The normalized spacial score (nSPS) is 17.0. The number of hydrogen-bond acceptors (Lipinski definition) is 10. The number of likely N-dealkylation sites (N-methyl/N-ethyl adjacent to an activating group) is 2. The third kappa shape index (κ3) is 21.1. The van der Waals surface area contributed by atoms with E-state index >= 15 is 0 Å². The van der Waals surface area contributed by atoms with Crippen LogP contribution < -0.4 is 16.4 Å². The second-order valence-electron chi connectivity index (χ2n) is 19.2. The van der Waals surface area contributed by atoms with Gasteiger partial charge in [-0.2, -0.15) is 0 Å². The molecule has 0 aliphatic carbocycles. The molecule has 1 aliphatic rings. The largest absolute Gasteiger partial charge is 0.379 e. The maximum atomic E-state index is 14.0. The molecule has 0 spiro atoms. The quantitative estimate of drug-likeness (QED) is 0.0944. The van der Waals surface area contributed by atoms with Gasteiger partial charge in [-0.1, -0.05) is 78.3 Å². The summed E-state index contributed by atoms with van der Waals surface area (Å²) in [5, 5.41) is 5.89. The summed E-state index contributed by atoms with van der Waals surface area (Å²) in [6, 6.07) is 8.02. The van der Waals surface area contributed by atoms with Crippen molar-refractivity contribution in [2.75, 3.05) is 61.7 Å². The summed E-state index contributed by atoms with van der Waals surface area (Å²) in [6.07, 6.45) is 2.92. The molecule has 15 heteroatoms. The van der Waals surface area contributed by atoms with Gasteiger partial charge < -0.3 is 45.1 Å². The maximum Gasteiger partial charge on any atom is 0.243 e. The maximum absolute atomic E-state index is 14.0. The summed E-state index contributed by atoms with van der Waals surface area (Å²) in [4.78, 5) is 70.4. The van der Waals surface area contributed by atoms with Crippen LogP contribution in [0.4, 0.5) is 0 Å². The first-order valence-electron chi connectivity index (χ1n) is 23.4. The molecule has 7 atom stereocenters. The Morgan fingerprint density at radius 3 is 2.05 bits per heavy atom. The number of primary amides is 1. The van der Waals surface area contributed by atoms with E-state index in [1.54, 1.807) is 19.1 Å². The van der Waals surface area contributed by atoms with E-state index in [1.807, 2.05) is 117 Å². The molecule has 368 valence electrons. The van der Waals surface area contributed by atoms with E-state index in [-0.39, 0.29) is 90.9 Å². The Morgan fingerprint density at radius 2 is 1.55 bits per heavy atom. The van der Waals surface area contributed by atoms with Crippen LogP contribution in [0.2, 0.25) is 0 Å². The van der Waals surface area contributed by atoms with E-state index in [0.29, 0.717) is 39.0 Å². The average molecular weight is 905 g/mol. The summed E-state index contributed by atoms with van der Waals surface area (Å²) in [5.41, 5.74) is 5.66. The number of hydrogen-bond donors (Lipinski definition) is 3. The molecule has 0 aromatic heterocycles. The smallest absolute Gasteiger partial charge is 0.243 e. The van der Waals surface area contributed by atoms with Gasteiger partial charge in [0.2, 0.25) is 29.5 Å². The van der Waals surface area contributed by atoms with Crippen LogP contribution in [0.25, 0.3) is 0 Å². The Kier molecular flexibility index (Phi) is 27.2. The number of carbonyl (C=O) groups is 5. The van der Waals surface area contributed by atoms with E-state index in [9.17, 15) is 24.0 Å². The van der Waals surface area contributed by atoms with Crippen LogP contribution in [0.15, 0.2) is 30.3 Å². The van der Waals surface area contributed by atoms with E-state index in [1.165, 1.54) is 0 Å². The van der Waals surface area contributed by atoms with Gasteiger partial charge in [-0.15, -0.1) is 0 Å². The topological polar surface area (TPSA) is 182 Å². The summed E-state index contributed by atoms with van der Waals surface area (Å²) in [7, 11) is 8.67. The predicted molar refractivity (Wildman–Crippen MR) is 253 cm³/mol. The van der Waals surface area contributed by atoms with Gasteiger partial charge >= 0.3 is 0 Å². The van der Waals surface area contributed by atoms with Gasteiger partial charge in [0.15, 0.2) is 0 Å². The number of ether oxygens (including phenoxy) is 4. The molecule has 64 heavy (non-hydrogen) atoms. The minimum Gasteiger partial charge on any atom is -0.379 e. The highest BCUT2D eigenvalue weighted by atomic mass is 16.5. The summed E-state index contributed by atoms with van der Waals surface area (Å²) >= 11 is 0. The Bertz CT molecular complexity index is 1520. The Morgan fingerprint density at radius 1 is 0.906 bits per heavy atom. The number of carbonyl (C=O) groups excluding carboxylic acids is 5. The number of nitrogens with one attached hydrogen (secondary N) is 2. The zero-order chi connectivity index (χ0) is 48.7. The van der Waals surface area contributed by atoms with Crippen molar-refractivity contribution in [2.24, 2.45) is 23.5 Å². The molecule has 1 aliphatic heterocycles. The molecule has 15 nitrogen and oxygen atoms in total. The molecule has 4 N–H and O–H groups in total. The van der Waals surface area contributed by atoms with Crippen molar-refractivity contribution >= 4 is 29.5 Å². The monoisotopic (exact) mass is 905 g/mol. The first-order valence-corrected chi connectivity index (χ1v) is 23.4. The fraction of sp³-hybridized carbons (Fsp3) is 0.776. The van der Waals surface area contributed by atoms with E-state index < -0.39 is 23.9 Å².